The van der Waals surface area contributed by atoms with Crippen LogP contribution in [0, 0.1) is 5.82 Å². The number of hydrogen-bond acceptors (Lipinski definition) is 2. The lowest BCUT2D eigenvalue weighted by molar-refractivity contribution is 0.102. The molecule has 0 aliphatic rings. The zero-order chi connectivity index (χ0) is 15.2. The third-order valence-electron chi connectivity index (χ3n) is 2.73. The van der Waals surface area contributed by atoms with Gasteiger partial charge in [-0.15, -0.1) is 0 Å². The van der Waals surface area contributed by atoms with Crippen molar-refractivity contribution in [3.8, 4) is 5.75 Å². The summed E-state index contributed by atoms with van der Waals surface area (Å²) in [5.41, 5.74) is 1.35. The first-order valence-electron chi connectivity index (χ1n) is 6.50. The minimum absolute atomic E-state index is 0.00722. The average Bonchev–Trinajstić information content (AvgIpc) is 2.46. The predicted molar refractivity (Wildman–Crippen MR) is 81.1 cm³/mol. The monoisotopic (exact) mass is 285 g/mol. The Balaban J connectivity index is 2.18. The minimum atomic E-state index is -0.560. The number of carbonyl (C=O) groups is 1. The topological polar surface area (TPSA) is 38.3 Å². The molecule has 2 aromatic carbocycles. The molecule has 0 saturated heterocycles. The maximum absolute atomic E-state index is 13.6. The molecule has 3 nitrogen and oxygen atoms in total. The largest absolute Gasteiger partial charge is 0.487 e. The van der Waals surface area contributed by atoms with E-state index >= 15 is 0 Å². The number of ether oxygens (including phenoxy) is 1. The van der Waals surface area contributed by atoms with Crippen molar-refractivity contribution in [2.24, 2.45) is 0 Å². The Kier molecular flexibility index (Phi) is 4.72. The molecule has 108 valence electrons. The Morgan fingerprint density at radius 1 is 1.19 bits per heavy atom. The number of halogens is 1. The van der Waals surface area contributed by atoms with E-state index in [0.717, 1.165) is 5.57 Å². The normalized spacial score (nSPS) is 10.0. The molecule has 0 aliphatic heterocycles. The molecular formula is C17H16FNO2. The molecule has 0 aliphatic carbocycles. The van der Waals surface area contributed by atoms with E-state index in [0.29, 0.717) is 18.0 Å². The van der Waals surface area contributed by atoms with Crippen molar-refractivity contribution in [3.05, 3.63) is 72.1 Å². The lowest BCUT2D eigenvalue weighted by Gasteiger charge is -2.12. The number of benzene rings is 2. The van der Waals surface area contributed by atoms with E-state index in [4.69, 9.17) is 4.74 Å². The fourth-order valence-electron chi connectivity index (χ4n) is 1.73. The van der Waals surface area contributed by atoms with Gasteiger partial charge in [-0.05, 0) is 36.8 Å². The van der Waals surface area contributed by atoms with Gasteiger partial charge in [0, 0.05) is 0 Å². The lowest BCUT2D eigenvalue weighted by Crippen LogP contribution is -2.14. The Bertz CT molecular complexity index is 667. The first kappa shape index (κ1) is 14.8. The van der Waals surface area contributed by atoms with E-state index in [1.54, 1.807) is 30.3 Å². The fourth-order valence-corrected chi connectivity index (χ4v) is 1.73. The van der Waals surface area contributed by atoms with Crippen LogP contribution >= 0.6 is 0 Å². The van der Waals surface area contributed by atoms with Gasteiger partial charge >= 0.3 is 0 Å². The van der Waals surface area contributed by atoms with Gasteiger partial charge in [0.2, 0.25) is 0 Å². The third-order valence-corrected chi connectivity index (χ3v) is 2.73. The van der Waals surface area contributed by atoms with Gasteiger partial charge in [0.25, 0.3) is 5.91 Å². The van der Waals surface area contributed by atoms with E-state index in [-0.39, 0.29) is 5.56 Å². The van der Waals surface area contributed by atoms with Crippen molar-refractivity contribution in [1.82, 2.24) is 0 Å². The van der Waals surface area contributed by atoms with E-state index in [2.05, 4.69) is 11.9 Å². The summed E-state index contributed by atoms with van der Waals surface area (Å²) >= 11 is 0. The summed E-state index contributed by atoms with van der Waals surface area (Å²) in [7, 11) is 0. The number of anilines is 1. The SMILES string of the molecule is C=C(C)COc1ccccc1NC(=O)c1ccccc1F. The van der Waals surface area contributed by atoms with Crippen molar-refractivity contribution in [3.63, 3.8) is 0 Å². The highest BCUT2D eigenvalue weighted by Crippen LogP contribution is 2.25. The molecular weight excluding hydrogens is 269 g/mol. The second-order valence-electron chi connectivity index (χ2n) is 4.68. The summed E-state index contributed by atoms with van der Waals surface area (Å²) in [6.07, 6.45) is 0. The number of amides is 1. The van der Waals surface area contributed by atoms with Gasteiger partial charge in [-0.25, -0.2) is 4.39 Å². The highest BCUT2D eigenvalue weighted by atomic mass is 19.1. The first-order chi connectivity index (χ1) is 10.1. The molecule has 0 saturated carbocycles. The number of hydrogen-bond donors (Lipinski definition) is 1. The first-order valence-corrected chi connectivity index (χ1v) is 6.50. The van der Waals surface area contributed by atoms with Crippen LogP contribution in [0.15, 0.2) is 60.7 Å². The van der Waals surface area contributed by atoms with Crippen molar-refractivity contribution in [1.29, 1.82) is 0 Å². The molecule has 0 unspecified atom stereocenters. The van der Waals surface area contributed by atoms with Gasteiger partial charge < -0.3 is 10.1 Å². The second kappa shape index (κ2) is 6.70. The number of para-hydroxylation sites is 2. The molecule has 4 heteroatoms. The van der Waals surface area contributed by atoms with Crippen molar-refractivity contribution in [2.45, 2.75) is 6.92 Å². The predicted octanol–water partition coefficient (Wildman–Crippen LogP) is 4.03. The van der Waals surface area contributed by atoms with E-state index in [1.165, 1.54) is 18.2 Å². The van der Waals surface area contributed by atoms with Crippen LogP contribution in [0.25, 0.3) is 0 Å². The zero-order valence-electron chi connectivity index (χ0n) is 11.7. The standard InChI is InChI=1S/C17H16FNO2/c1-12(2)11-21-16-10-6-5-9-15(16)19-17(20)13-7-3-4-8-14(13)18/h3-10H,1,11H2,2H3,(H,19,20). The van der Waals surface area contributed by atoms with Crippen LogP contribution < -0.4 is 10.1 Å². The van der Waals surface area contributed by atoms with E-state index in [1.807, 2.05) is 6.92 Å². The van der Waals surface area contributed by atoms with Crippen LogP contribution in [0.2, 0.25) is 0 Å². The van der Waals surface area contributed by atoms with Gasteiger partial charge in [-0.2, -0.15) is 0 Å². The lowest BCUT2D eigenvalue weighted by atomic mass is 10.2. The minimum Gasteiger partial charge on any atom is -0.487 e. The molecule has 0 aromatic heterocycles. The molecule has 0 fully saturated rings. The van der Waals surface area contributed by atoms with Crippen LogP contribution in [0.5, 0.6) is 5.75 Å². The number of nitrogens with one attached hydrogen (secondary N) is 1. The summed E-state index contributed by atoms with van der Waals surface area (Å²) in [4.78, 5) is 12.1. The molecule has 1 amide bonds. The highest BCUT2D eigenvalue weighted by molar-refractivity contribution is 6.05. The maximum atomic E-state index is 13.6. The van der Waals surface area contributed by atoms with Crippen LogP contribution in [0.4, 0.5) is 10.1 Å². The molecule has 0 bridgehead atoms. The zero-order valence-corrected chi connectivity index (χ0v) is 11.7. The smallest absolute Gasteiger partial charge is 0.258 e. The van der Waals surface area contributed by atoms with Crippen LogP contribution in [0.3, 0.4) is 0 Å². The molecule has 0 radical (unpaired) electrons. The quantitative estimate of drug-likeness (QED) is 0.842. The fraction of sp³-hybridized carbons (Fsp3) is 0.118. The summed E-state index contributed by atoms with van der Waals surface area (Å²) < 4.78 is 19.2. The molecule has 0 atom stereocenters. The second-order valence-corrected chi connectivity index (χ2v) is 4.68. The van der Waals surface area contributed by atoms with Gasteiger partial charge in [0.05, 0.1) is 11.3 Å². The third kappa shape index (κ3) is 3.92. The van der Waals surface area contributed by atoms with E-state index in [9.17, 15) is 9.18 Å². The van der Waals surface area contributed by atoms with Gasteiger partial charge in [-0.1, -0.05) is 30.8 Å². The maximum Gasteiger partial charge on any atom is 0.258 e. The summed E-state index contributed by atoms with van der Waals surface area (Å²) in [6.45, 7) is 5.96. The van der Waals surface area contributed by atoms with Gasteiger partial charge in [0.1, 0.15) is 18.2 Å². The number of rotatable bonds is 5. The van der Waals surface area contributed by atoms with Crippen LogP contribution in [-0.4, -0.2) is 12.5 Å². The molecule has 1 N–H and O–H groups in total. The Hall–Kier alpha value is -2.62. The summed E-state index contributed by atoms with van der Waals surface area (Å²) in [6, 6.07) is 12.8. The van der Waals surface area contributed by atoms with Crippen molar-refractivity contribution < 1.29 is 13.9 Å². The van der Waals surface area contributed by atoms with Crippen LogP contribution in [-0.2, 0) is 0 Å². The molecule has 2 aromatic rings. The molecule has 21 heavy (non-hydrogen) atoms. The average molecular weight is 285 g/mol. The molecule has 0 heterocycles. The summed E-state index contributed by atoms with van der Waals surface area (Å²) in [5.74, 6) is -0.556. The van der Waals surface area contributed by atoms with E-state index < -0.39 is 11.7 Å². The van der Waals surface area contributed by atoms with Gasteiger partial charge in [0.15, 0.2) is 0 Å². The highest BCUT2D eigenvalue weighted by Gasteiger charge is 2.13. The Morgan fingerprint density at radius 3 is 2.57 bits per heavy atom. The molecule has 0 spiro atoms. The van der Waals surface area contributed by atoms with Crippen molar-refractivity contribution >= 4 is 11.6 Å². The Morgan fingerprint density at radius 2 is 1.86 bits per heavy atom. The van der Waals surface area contributed by atoms with Crippen LogP contribution in [0.1, 0.15) is 17.3 Å². The number of carbonyl (C=O) groups excluding carboxylic acids is 1. The Labute approximate surface area is 123 Å². The van der Waals surface area contributed by atoms with Gasteiger partial charge in [-0.3, -0.25) is 4.79 Å². The van der Waals surface area contributed by atoms with Crippen molar-refractivity contribution in [2.75, 3.05) is 11.9 Å². The molecule has 2 rings (SSSR count). The summed E-state index contributed by atoms with van der Waals surface area (Å²) in [5, 5.41) is 2.66.